The molecule has 0 spiro atoms. The Balaban J connectivity index is 1.23. The SMILES string of the molecule is O=C(Nc1ccc2c(c1)CCN(CCCc1ccccc1)C2)c1ccccc1-c1ccc(C(F)(F)F)cc1. The molecule has 0 aromatic heterocycles. The van der Waals surface area contributed by atoms with Gasteiger partial charge >= 0.3 is 6.18 Å². The summed E-state index contributed by atoms with van der Waals surface area (Å²) in [5.41, 5.74) is 5.43. The van der Waals surface area contributed by atoms with Gasteiger partial charge in [0.1, 0.15) is 0 Å². The van der Waals surface area contributed by atoms with Crippen LogP contribution in [0.1, 0.15) is 39.0 Å². The number of alkyl halides is 3. The zero-order valence-electron chi connectivity index (χ0n) is 21.0. The van der Waals surface area contributed by atoms with E-state index < -0.39 is 11.7 Å². The van der Waals surface area contributed by atoms with Crippen LogP contribution in [0.2, 0.25) is 0 Å². The van der Waals surface area contributed by atoms with E-state index in [0.717, 1.165) is 51.0 Å². The first-order valence-electron chi connectivity index (χ1n) is 12.8. The van der Waals surface area contributed by atoms with Crippen LogP contribution < -0.4 is 5.32 Å². The van der Waals surface area contributed by atoms with Gasteiger partial charge in [-0.15, -0.1) is 0 Å². The number of nitrogens with one attached hydrogen (secondary N) is 1. The van der Waals surface area contributed by atoms with Crippen molar-refractivity contribution in [1.29, 1.82) is 0 Å². The maximum absolute atomic E-state index is 13.2. The highest BCUT2D eigenvalue weighted by molar-refractivity contribution is 6.08. The Morgan fingerprint density at radius 2 is 1.58 bits per heavy atom. The van der Waals surface area contributed by atoms with Gasteiger partial charge in [-0.25, -0.2) is 0 Å². The number of aryl methyl sites for hydroxylation is 1. The molecular weight excluding hydrogens is 485 g/mol. The Morgan fingerprint density at radius 1 is 0.842 bits per heavy atom. The Labute approximate surface area is 220 Å². The largest absolute Gasteiger partial charge is 0.416 e. The number of carbonyl (C=O) groups excluding carboxylic acids is 1. The number of hydrogen-bond donors (Lipinski definition) is 1. The molecule has 0 saturated heterocycles. The van der Waals surface area contributed by atoms with E-state index in [1.165, 1.54) is 28.8 Å². The second-order valence-electron chi connectivity index (χ2n) is 9.67. The van der Waals surface area contributed by atoms with E-state index in [-0.39, 0.29) is 5.91 Å². The molecule has 1 amide bonds. The maximum atomic E-state index is 13.2. The van der Waals surface area contributed by atoms with Crippen LogP contribution in [-0.2, 0) is 25.6 Å². The van der Waals surface area contributed by atoms with Crippen molar-refractivity contribution in [3.05, 3.63) is 125 Å². The lowest BCUT2D eigenvalue weighted by molar-refractivity contribution is -0.137. The number of fused-ring (bicyclic) bond motifs is 1. The third-order valence-electron chi connectivity index (χ3n) is 7.03. The van der Waals surface area contributed by atoms with Crippen molar-refractivity contribution in [3.8, 4) is 11.1 Å². The Hall–Kier alpha value is -3.90. The molecule has 3 nitrogen and oxygen atoms in total. The lowest BCUT2D eigenvalue weighted by atomic mass is 9.97. The number of benzene rings is 4. The highest BCUT2D eigenvalue weighted by Crippen LogP contribution is 2.32. The number of rotatable bonds is 7. The molecule has 4 aromatic carbocycles. The van der Waals surface area contributed by atoms with E-state index in [9.17, 15) is 18.0 Å². The molecule has 0 unspecified atom stereocenters. The van der Waals surface area contributed by atoms with Crippen molar-refractivity contribution in [2.45, 2.75) is 32.0 Å². The molecule has 38 heavy (non-hydrogen) atoms. The van der Waals surface area contributed by atoms with Crippen molar-refractivity contribution in [2.75, 3.05) is 18.4 Å². The number of carbonyl (C=O) groups is 1. The van der Waals surface area contributed by atoms with E-state index in [4.69, 9.17) is 0 Å². The first-order valence-corrected chi connectivity index (χ1v) is 12.8. The normalized spacial score (nSPS) is 13.7. The summed E-state index contributed by atoms with van der Waals surface area (Å²) in [5.74, 6) is -0.293. The fourth-order valence-electron chi connectivity index (χ4n) is 5.00. The van der Waals surface area contributed by atoms with E-state index in [0.29, 0.717) is 22.4 Å². The summed E-state index contributed by atoms with van der Waals surface area (Å²) < 4.78 is 38.9. The lowest BCUT2D eigenvalue weighted by Gasteiger charge is -2.29. The zero-order chi connectivity index (χ0) is 26.5. The molecule has 1 heterocycles. The van der Waals surface area contributed by atoms with Gasteiger partial charge in [-0.2, -0.15) is 13.2 Å². The molecule has 0 radical (unpaired) electrons. The molecule has 1 aliphatic rings. The number of halogens is 3. The molecule has 5 rings (SSSR count). The van der Waals surface area contributed by atoms with Crippen LogP contribution in [0.5, 0.6) is 0 Å². The van der Waals surface area contributed by atoms with Crippen molar-refractivity contribution < 1.29 is 18.0 Å². The summed E-state index contributed by atoms with van der Waals surface area (Å²) in [7, 11) is 0. The monoisotopic (exact) mass is 514 g/mol. The molecule has 0 atom stereocenters. The fraction of sp³-hybridized carbons (Fsp3) is 0.219. The van der Waals surface area contributed by atoms with Crippen LogP contribution in [0.15, 0.2) is 97.1 Å². The van der Waals surface area contributed by atoms with Gasteiger partial charge in [-0.05, 0) is 84.0 Å². The minimum Gasteiger partial charge on any atom is -0.322 e. The molecular formula is C32H29F3N2O. The topological polar surface area (TPSA) is 32.3 Å². The Morgan fingerprint density at radius 3 is 2.34 bits per heavy atom. The zero-order valence-corrected chi connectivity index (χ0v) is 21.0. The van der Waals surface area contributed by atoms with Crippen molar-refractivity contribution in [2.24, 2.45) is 0 Å². The summed E-state index contributed by atoms with van der Waals surface area (Å²) in [6.07, 6.45) is -1.29. The minimum absolute atomic E-state index is 0.293. The van der Waals surface area contributed by atoms with Crippen LogP contribution in [0, 0.1) is 0 Å². The summed E-state index contributed by atoms with van der Waals surface area (Å²) in [6, 6.07) is 28.4. The van der Waals surface area contributed by atoms with Gasteiger partial charge < -0.3 is 5.32 Å². The number of amides is 1. The number of nitrogens with zero attached hydrogens (tertiary/aromatic N) is 1. The predicted octanol–water partition coefficient (Wildman–Crippen LogP) is 7.62. The van der Waals surface area contributed by atoms with Crippen LogP contribution in [0.25, 0.3) is 11.1 Å². The molecule has 1 aliphatic heterocycles. The first kappa shape index (κ1) is 25.7. The van der Waals surface area contributed by atoms with Crippen molar-refractivity contribution >= 4 is 11.6 Å². The van der Waals surface area contributed by atoms with Gasteiger partial charge in [0.15, 0.2) is 0 Å². The van der Waals surface area contributed by atoms with Crippen molar-refractivity contribution in [3.63, 3.8) is 0 Å². The molecule has 194 valence electrons. The molecule has 6 heteroatoms. The Kier molecular flexibility index (Phi) is 7.61. The Bertz CT molecular complexity index is 1400. The van der Waals surface area contributed by atoms with Gasteiger partial charge in [0.25, 0.3) is 5.91 Å². The standard InChI is InChI=1S/C32H29F3N2O/c33-32(34,35)27-15-12-24(13-16-27)29-10-4-5-11-30(29)31(38)36-28-17-14-26-22-37(20-18-25(26)21-28)19-6-9-23-7-2-1-3-8-23/h1-5,7-8,10-17,21H,6,9,18-20,22H2,(H,36,38). The van der Waals surface area contributed by atoms with Gasteiger partial charge in [0, 0.05) is 24.3 Å². The maximum Gasteiger partial charge on any atom is 0.416 e. The van der Waals surface area contributed by atoms with Crippen molar-refractivity contribution in [1.82, 2.24) is 4.90 Å². The van der Waals surface area contributed by atoms with E-state index >= 15 is 0 Å². The van der Waals surface area contributed by atoms with E-state index in [1.54, 1.807) is 24.3 Å². The number of anilines is 1. The molecule has 1 N–H and O–H groups in total. The van der Waals surface area contributed by atoms with Crippen LogP contribution in [0.3, 0.4) is 0 Å². The molecule has 4 aromatic rings. The highest BCUT2D eigenvalue weighted by Gasteiger charge is 2.30. The van der Waals surface area contributed by atoms with Gasteiger partial charge in [-0.1, -0.05) is 66.7 Å². The van der Waals surface area contributed by atoms with E-state index in [2.05, 4.69) is 40.5 Å². The van der Waals surface area contributed by atoms with Crippen LogP contribution >= 0.6 is 0 Å². The highest BCUT2D eigenvalue weighted by atomic mass is 19.4. The fourth-order valence-corrected chi connectivity index (χ4v) is 5.00. The summed E-state index contributed by atoms with van der Waals surface area (Å²) in [5, 5.41) is 2.99. The third-order valence-corrected chi connectivity index (χ3v) is 7.03. The smallest absolute Gasteiger partial charge is 0.322 e. The van der Waals surface area contributed by atoms with Gasteiger partial charge in [0.2, 0.25) is 0 Å². The second-order valence-corrected chi connectivity index (χ2v) is 9.67. The van der Waals surface area contributed by atoms with Gasteiger partial charge in [0.05, 0.1) is 5.56 Å². The third kappa shape index (κ3) is 6.14. The molecule has 0 aliphatic carbocycles. The predicted molar refractivity (Wildman–Crippen MR) is 145 cm³/mol. The second kappa shape index (κ2) is 11.2. The van der Waals surface area contributed by atoms with Crippen LogP contribution in [0.4, 0.5) is 18.9 Å². The summed E-state index contributed by atoms with van der Waals surface area (Å²) in [6.45, 7) is 2.93. The summed E-state index contributed by atoms with van der Waals surface area (Å²) in [4.78, 5) is 15.7. The van der Waals surface area contributed by atoms with Crippen LogP contribution in [-0.4, -0.2) is 23.9 Å². The molecule has 0 fully saturated rings. The number of hydrogen-bond acceptors (Lipinski definition) is 2. The molecule has 0 saturated carbocycles. The average molecular weight is 515 g/mol. The van der Waals surface area contributed by atoms with Gasteiger partial charge in [-0.3, -0.25) is 9.69 Å². The van der Waals surface area contributed by atoms with E-state index in [1.807, 2.05) is 18.2 Å². The molecule has 0 bridgehead atoms. The first-order chi connectivity index (χ1) is 18.4. The lowest BCUT2D eigenvalue weighted by Crippen LogP contribution is -2.31. The minimum atomic E-state index is -4.40. The average Bonchev–Trinajstić information content (AvgIpc) is 2.93. The quantitative estimate of drug-likeness (QED) is 0.275. The summed E-state index contributed by atoms with van der Waals surface area (Å²) >= 11 is 0.